The normalized spacial score (nSPS) is 22.4. The fourth-order valence-electron chi connectivity index (χ4n) is 4.91. The molecule has 0 amide bonds. The number of hydrogen-bond acceptors (Lipinski definition) is 4. The predicted octanol–water partition coefficient (Wildman–Crippen LogP) is 2.84. The summed E-state index contributed by atoms with van der Waals surface area (Å²) in [7, 11) is 0.387. The topological polar surface area (TPSA) is 68.2 Å². The van der Waals surface area contributed by atoms with Crippen molar-refractivity contribution in [3.8, 4) is 0 Å². The van der Waals surface area contributed by atoms with Crippen molar-refractivity contribution in [1.29, 1.82) is 0 Å². The Morgan fingerprint density at radius 1 is 1.22 bits per heavy atom. The second-order valence-corrected chi connectivity index (χ2v) is 11.1. The summed E-state index contributed by atoms with van der Waals surface area (Å²) in [6.45, 7) is 7.22. The Hall–Kier alpha value is -0.910. The number of rotatable bonds is 8. The molecule has 1 aromatic carbocycles. The van der Waals surface area contributed by atoms with E-state index in [-0.39, 0.29) is 29.7 Å². The van der Waals surface area contributed by atoms with Crippen molar-refractivity contribution in [2.75, 3.05) is 52.6 Å². The van der Waals surface area contributed by atoms with Gasteiger partial charge in [-0.2, -0.15) is 0 Å². The molecule has 3 rings (SSSR count). The largest absolute Gasteiger partial charge is 0.356 e. The van der Waals surface area contributed by atoms with Crippen LogP contribution in [0.5, 0.6) is 0 Å². The van der Waals surface area contributed by atoms with Gasteiger partial charge in [-0.1, -0.05) is 30.3 Å². The van der Waals surface area contributed by atoms with Crippen molar-refractivity contribution < 1.29 is 8.42 Å². The minimum atomic E-state index is -3.11. The van der Waals surface area contributed by atoms with Gasteiger partial charge in [0.25, 0.3) is 0 Å². The average molecular weight is 578 g/mol. The van der Waals surface area contributed by atoms with Crippen LogP contribution in [0.1, 0.15) is 38.2 Å². The van der Waals surface area contributed by atoms with Crippen molar-refractivity contribution in [3.05, 3.63) is 35.9 Å². The van der Waals surface area contributed by atoms with E-state index in [1.54, 1.807) is 14.0 Å². The standard InChI is InChI=1S/C23H39N5O2S.HI/c1-4-31(29,30)26(3)15-9-14-25-23(24-2)28-17-13-22-21(19-28)12-8-16-27(22)18-20-10-6-5-7-11-20;/h5-7,10-11,21-22H,4,8-9,12-19H2,1-3H3,(H,24,25);1H. The van der Waals surface area contributed by atoms with Gasteiger partial charge in [0.2, 0.25) is 10.0 Å². The predicted molar refractivity (Wildman–Crippen MR) is 143 cm³/mol. The highest BCUT2D eigenvalue weighted by Gasteiger charge is 2.36. The molecule has 9 heteroatoms. The molecule has 7 nitrogen and oxygen atoms in total. The Morgan fingerprint density at radius 3 is 2.66 bits per heavy atom. The van der Waals surface area contributed by atoms with Crippen LogP contribution in [0.3, 0.4) is 0 Å². The maximum Gasteiger partial charge on any atom is 0.213 e. The number of halogens is 1. The third-order valence-corrected chi connectivity index (χ3v) is 8.56. The number of hydrogen-bond donors (Lipinski definition) is 1. The molecule has 0 radical (unpaired) electrons. The SMILES string of the molecule is CCS(=O)(=O)N(C)CCCNC(=NC)N1CCC2C(CCCN2Cc2ccccc2)C1.I. The summed E-state index contributed by atoms with van der Waals surface area (Å²) in [6.07, 6.45) is 4.46. The molecule has 0 aromatic heterocycles. The minimum Gasteiger partial charge on any atom is -0.356 e. The Kier molecular flexibility index (Phi) is 11.2. The Morgan fingerprint density at radius 2 is 1.97 bits per heavy atom. The monoisotopic (exact) mass is 577 g/mol. The van der Waals surface area contributed by atoms with Gasteiger partial charge in [0.05, 0.1) is 5.75 Å². The van der Waals surface area contributed by atoms with Crippen molar-refractivity contribution in [1.82, 2.24) is 19.4 Å². The van der Waals surface area contributed by atoms with E-state index in [0.717, 1.165) is 45.0 Å². The van der Waals surface area contributed by atoms with Gasteiger partial charge in [-0.15, -0.1) is 24.0 Å². The third kappa shape index (κ3) is 7.30. The first-order valence-corrected chi connectivity index (χ1v) is 13.2. The van der Waals surface area contributed by atoms with Gasteiger partial charge >= 0.3 is 0 Å². The number of nitrogens with one attached hydrogen (secondary N) is 1. The summed E-state index contributed by atoms with van der Waals surface area (Å²) in [6, 6.07) is 11.5. The number of sulfonamides is 1. The first-order chi connectivity index (χ1) is 14.9. The van der Waals surface area contributed by atoms with Gasteiger partial charge in [-0.25, -0.2) is 12.7 Å². The van der Waals surface area contributed by atoms with Gasteiger partial charge in [0, 0.05) is 52.9 Å². The van der Waals surface area contributed by atoms with Crippen LogP contribution < -0.4 is 5.32 Å². The number of nitrogens with zero attached hydrogens (tertiary/aromatic N) is 4. The van der Waals surface area contributed by atoms with Gasteiger partial charge in [0.15, 0.2) is 5.96 Å². The summed E-state index contributed by atoms with van der Waals surface area (Å²) < 4.78 is 25.2. The van der Waals surface area contributed by atoms with E-state index in [2.05, 4.69) is 50.4 Å². The zero-order valence-electron chi connectivity index (χ0n) is 19.7. The highest BCUT2D eigenvalue weighted by Crippen LogP contribution is 2.31. The number of likely N-dealkylation sites (tertiary alicyclic amines) is 2. The number of piperidine rings is 2. The van der Waals surface area contributed by atoms with E-state index in [0.29, 0.717) is 18.5 Å². The molecule has 0 bridgehead atoms. The summed E-state index contributed by atoms with van der Waals surface area (Å²) in [4.78, 5) is 9.57. The molecule has 32 heavy (non-hydrogen) atoms. The van der Waals surface area contributed by atoms with Gasteiger partial charge in [0.1, 0.15) is 0 Å². The van der Waals surface area contributed by atoms with Crippen molar-refractivity contribution in [3.63, 3.8) is 0 Å². The molecule has 2 heterocycles. The molecule has 2 aliphatic heterocycles. The van der Waals surface area contributed by atoms with Crippen LogP contribution >= 0.6 is 24.0 Å². The second-order valence-electron chi connectivity index (χ2n) is 8.71. The Bertz CT molecular complexity index is 821. The van der Waals surface area contributed by atoms with Crippen LogP contribution in [0.25, 0.3) is 0 Å². The molecular weight excluding hydrogens is 537 g/mol. The number of guanidine groups is 1. The molecule has 2 unspecified atom stereocenters. The van der Waals surface area contributed by atoms with Crippen LogP contribution in [0.15, 0.2) is 35.3 Å². The zero-order chi connectivity index (χ0) is 22.3. The molecule has 0 saturated carbocycles. The smallest absolute Gasteiger partial charge is 0.213 e. The lowest BCUT2D eigenvalue weighted by Crippen LogP contribution is -2.56. The van der Waals surface area contributed by atoms with E-state index in [1.165, 1.54) is 29.3 Å². The van der Waals surface area contributed by atoms with Crippen molar-refractivity contribution in [2.24, 2.45) is 10.9 Å². The van der Waals surface area contributed by atoms with Crippen molar-refractivity contribution in [2.45, 2.75) is 45.2 Å². The maximum absolute atomic E-state index is 11.9. The zero-order valence-corrected chi connectivity index (χ0v) is 22.9. The Balaban J connectivity index is 0.00000363. The van der Waals surface area contributed by atoms with Crippen molar-refractivity contribution >= 4 is 40.0 Å². The first-order valence-electron chi connectivity index (χ1n) is 11.6. The van der Waals surface area contributed by atoms with Crippen LogP contribution in [-0.4, -0.2) is 87.1 Å². The average Bonchev–Trinajstić information content (AvgIpc) is 2.79. The highest BCUT2D eigenvalue weighted by atomic mass is 127. The molecule has 2 saturated heterocycles. The summed E-state index contributed by atoms with van der Waals surface area (Å²) in [5.74, 6) is 1.76. The second kappa shape index (κ2) is 13.1. The van der Waals surface area contributed by atoms with Gasteiger partial charge in [-0.3, -0.25) is 9.89 Å². The molecule has 1 N–H and O–H groups in total. The summed E-state index contributed by atoms with van der Waals surface area (Å²) >= 11 is 0. The molecule has 1 aromatic rings. The summed E-state index contributed by atoms with van der Waals surface area (Å²) in [5.41, 5.74) is 1.40. The lowest BCUT2D eigenvalue weighted by Gasteiger charge is -2.48. The van der Waals surface area contributed by atoms with E-state index < -0.39 is 10.0 Å². The molecule has 0 spiro atoms. The third-order valence-electron chi connectivity index (χ3n) is 6.70. The molecule has 182 valence electrons. The summed E-state index contributed by atoms with van der Waals surface area (Å²) in [5, 5.41) is 3.45. The molecule has 2 atom stereocenters. The first kappa shape index (κ1) is 27.3. The number of aliphatic imine (C=N–C) groups is 1. The van der Waals surface area contributed by atoms with Crippen LogP contribution in [0.2, 0.25) is 0 Å². The van der Waals surface area contributed by atoms with E-state index in [1.807, 2.05) is 7.05 Å². The van der Waals surface area contributed by atoms with Crippen LogP contribution in [0, 0.1) is 5.92 Å². The van der Waals surface area contributed by atoms with E-state index in [4.69, 9.17) is 0 Å². The molecule has 0 aliphatic carbocycles. The lowest BCUT2D eigenvalue weighted by atomic mass is 9.83. The molecule has 2 aliphatic rings. The molecular formula is C23H40IN5O2S. The molecule has 2 fully saturated rings. The fraction of sp³-hybridized carbons (Fsp3) is 0.696. The van der Waals surface area contributed by atoms with Crippen LogP contribution in [0.4, 0.5) is 0 Å². The number of fused-ring (bicyclic) bond motifs is 1. The van der Waals surface area contributed by atoms with Gasteiger partial charge in [-0.05, 0) is 50.6 Å². The van der Waals surface area contributed by atoms with Gasteiger partial charge < -0.3 is 10.2 Å². The Labute approximate surface area is 211 Å². The van der Waals surface area contributed by atoms with E-state index in [9.17, 15) is 8.42 Å². The maximum atomic E-state index is 11.9. The lowest BCUT2D eigenvalue weighted by molar-refractivity contribution is 0.0372. The fourth-order valence-corrected chi connectivity index (χ4v) is 5.75. The van der Waals surface area contributed by atoms with Crippen LogP contribution in [-0.2, 0) is 16.6 Å². The quantitative estimate of drug-likeness (QED) is 0.223. The minimum absolute atomic E-state index is 0. The van der Waals surface area contributed by atoms with E-state index >= 15 is 0 Å². The highest BCUT2D eigenvalue weighted by molar-refractivity contribution is 14.0. The number of benzene rings is 1.